The molecule has 8 heteroatoms. The van der Waals surface area contributed by atoms with E-state index in [1.807, 2.05) is 17.5 Å². The minimum Gasteiger partial charge on any atom is -0.478 e. The zero-order valence-corrected chi connectivity index (χ0v) is 15.5. The Morgan fingerprint density at radius 2 is 1.85 bits per heavy atom. The third-order valence-electron chi connectivity index (χ3n) is 4.46. The highest BCUT2D eigenvalue weighted by Crippen LogP contribution is 2.37. The first-order chi connectivity index (χ1) is 13.1. The van der Waals surface area contributed by atoms with Crippen molar-refractivity contribution in [1.82, 2.24) is 14.9 Å². The zero-order chi connectivity index (χ0) is 19.2. The van der Waals surface area contributed by atoms with Crippen molar-refractivity contribution in [2.45, 2.75) is 25.8 Å². The van der Waals surface area contributed by atoms with E-state index >= 15 is 0 Å². The number of imidazole rings is 1. The summed E-state index contributed by atoms with van der Waals surface area (Å²) in [6, 6.07) is 2.29. The second-order valence-electron chi connectivity index (χ2n) is 6.21. The van der Waals surface area contributed by atoms with Gasteiger partial charge in [-0.05, 0) is 49.4 Å². The Balaban J connectivity index is 0.000000226. The van der Waals surface area contributed by atoms with Crippen LogP contribution in [0.5, 0.6) is 0 Å². The molecule has 142 valence electrons. The van der Waals surface area contributed by atoms with Gasteiger partial charge in [0.25, 0.3) is 0 Å². The predicted octanol–water partition coefficient (Wildman–Crippen LogP) is 2.40. The van der Waals surface area contributed by atoms with Crippen LogP contribution in [0, 0.1) is 0 Å². The number of carbonyl (C=O) groups is 2. The molecule has 2 aromatic rings. The molecule has 0 spiro atoms. The molecule has 0 bridgehead atoms. The molecule has 0 amide bonds. The van der Waals surface area contributed by atoms with E-state index in [0.717, 1.165) is 38.9 Å². The minimum atomic E-state index is -1.26. The van der Waals surface area contributed by atoms with E-state index in [1.54, 1.807) is 5.57 Å². The maximum atomic E-state index is 9.55. The molecule has 4 rings (SSSR count). The van der Waals surface area contributed by atoms with E-state index < -0.39 is 11.9 Å². The second-order valence-corrected chi connectivity index (χ2v) is 7.12. The van der Waals surface area contributed by atoms with Crippen molar-refractivity contribution in [1.29, 1.82) is 0 Å². The van der Waals surface area contributed by atoms with Crippen molar-refractivity contribution in [3.63, 3.8) is 0 Å². The number of hydrogen-bond acceptors (Lipinski definition) is 5. The second kappa shape index (κ2) is 8.79. The molecule has 0 aromatic carbocycles. The Kier molecular flexibility index (Phi) is 6.20. The SMILES string of the molecule is O=C(O)/C=C/C(=O)O.c1cn2c(n1)C(=C1CCNCC1)c1sccc1CC2. The Morgan fingerprint density at radius 1 is 1.15 bits per heavy atom. The van der Waals surface area contributed by atoms with E-state index in [-0.39, 0.29) is 0 Å². The summed E-state index contributed by atoms with van der Waals surface area (Å²) in [6.45, 7) is 3.24. The largest absolute Gasteiger partial charge is 0.478 e. The molecule has 0 aliphatic carbocycles. The number of fused-ring (bicyclic) bond motifs is 2. The summed E-state index contributed by atoms with van der Waals surface area (Å²) < 4.78 is 2.32. The maximum absolute atomic E-state index is 9.55. The summed E-state index contributed by atoms with van der Waals surface area (Å²) in [5, 5.41) is 21.3. The number of carboxylic acid groups (broad SMARTS) is 2. The molecule has 0 saturated carbocycles. The fraction of sp³-hybridized carbons (Fsp3) is 0.316. The molecule has 3 N–H and O–H groups in total. The van der Waals surface area contributed by atoms with Crippen LogP contribution in [0.15, 0.2) is 41.6 Å². The van der Waals surface area contributed by atoms with Crippen LogP contribution in [0.4, 0.5) is 0 Å². The Bertz CT molecular complexity index is 826. The van der Waals surface area contributed by atoms with Gasteiger partial charge < -0.3 is 20.1 Å². The van der Waals surface area contributed by atoms with Crippen LogP contribution >= 0.6 is 11.3 Å². The van der Waals surface area contributed by atoms with Crippen LogP contribution in [-0.4, -0.2) is 44.8 Å². The number of aliphatic carboxylic acids is 2. The van der Waals surface area contributed by atoms with Crippen LogP contribution in [0.1, 0.15) is 29.1 Å². The summed E-state index contributed by atoms with van der Waals surface area (Å²) >= 11 is 1.88. The van der Waals surface area contributed by atoms with Gasteiger partial charge in [0, 0.05) is 41.5 Å². The number of rotatable bonds is 2. The quantitative estimate of drug-likeness (QED) is 0.684. The molecule has 1 saturated heterocycles. The molecule has 2 aromatic heterocycles. The molecule has 2 aliphatic rings. The topological polar surface area (TPSA) is 104 Å². The molecule has 0 unspecified atom stereocenters. The minimum absolute atomic E-state index is 0.558. The third-order valence-corrected chi connectivity index (χ3v) is 5.44. The molecular weight excluding hydrogens is 366 g/mol. The lowest BCUT2D eigenvalue weighted by Crippen LogP contribution is -2.24. The van der Waals surface area contributed by atoms with Crippen molar-refractivity contribution < 1.29 is 19.8 Å². The molecular formula is C19H21N3O4S. The molecule has 1 fully saturated rings. The van der Waals surface area contributed by atoms with Gasteiger partial charge in [-0.1, -0.05) is 5.57 Å². The average Bonchev–Trinajstić information content (AvgIpc) is 3.28. The van der Waals surface area contributed by atoms with Gasteiger partial charge in [-0.2, -0.15) is 0 Å². The lowest BCUT2D eigenvalue weighted by molar-refractivity contribution is -0.134. The fourth-order valence-electron chi connectivity index (χ4n) is 3.25. The van der Waals surface area contributed by atoms with E-state index in [1.165, 1.54) is 21.8 Å². The first-order valence-corrected chi connectivity index (χ1v) is 9.59. The monoisotopic (exact) mass is 387 g/mol. The highest BCUT2D eigenvalue weighted by Gasteiger charge is 2.24. The van der Waals surface area contributed by atoms with Gasteiger partial charge in [-0.15, -0.1) is 11.3 Å². The summed E-state index contributed by atoms with van der Waals surface area (Å²) in [6.07, 6.45) is 8.60. The van der Waals surface area contributed by atoms with Gasteiger partial charge in [-0.25, -0.2) is 14.6 Å². The van der Waals surface area contributed by atoms with E-state index in [4.69, 9.17) is 10.2 Å². The molecule has 27 heavy (non-hydrogen) atoms. The first kappa shape index (κ1) is 19.1. The summed E-state index contributed by atoms with van der Waals surface area (Å²) in [5.41, 5.74) is 4.50. The molecule has 4 heterocycles. The summed E-state index contributed by atoms with van der Waals surface area (Å²) in [5.74, 6) is -1.34. The number of nitrogens with one attached hydrogen (secondary N) is 1. The van der Waals surface area contributed by atoms with Crippen LogP contribution in [-0.2, 0) is 22.6 Å². The highest BCUT2D eigenvalue weighted by atomic mass is 32.1. The first-order valence-electron chi connectivity index (χ1n) is 8.71. The van der Waals surface area contributed by atoms with Crippen molar-refractivity contribution in [3.05, 3.63) is 57.8 Å². The van der Waals surface area contributed by atoms with Gasteiger partial charge >= 0.3 is 11.9 Å². The average molecular weight is 387 g/mol. The Morgan fingerprint density at radius 3 is 2.52 bits per heavy atom. The van der Waals surface area contributed by atoms with Gasteiger partial charge in [-0.3, -0.25) is 0 Å². The number of nitrogens with zero attached hydrogens (tertiary/aromatic N) is 2. The Hall–Kier alpha value is -2.71. The van der Waals surface area contributed by atoms with Gasteiger partial charge in [0.05, 0.1) is 0 Å². The number of carboxylic acids is 2. The van der Waals surface area contributed by atoms with E-state index in [2.05, 4.69) is 32.5 Å². The number of thiophene rings is 1. The summed E-state index contributed by atoms with van der Waals surface area (Å²) in [7, 11) is 0. The molecule has 2 aliphatic heterocycles. The van der Waals surface area contributed by atoms with E-state index in [0.29, 0.717) is 12.2 Å². The zero-order valence-electron chi connectivity index (χ0n) is 14.7. The lowest BCUT2D eigenvalue weighted by atomic mass is 9.96. The number of aromatic nitrogens is 2. The fourth-order valence-corrected chi connectivity index (χ4v) is 4.30. The molecule has 7 nitrogen and oxygen atoms in total. The number of aryl methyl sites for hydroxylation is 2. The van der Waals surface area contributed by atoms with Crippen LogP contribution in [0.2, 0.25) is 0 Å². The Labute approximate surface area is 160 Å². The standard InChI is InChI=1S/C15H17N3S.C4H4O4/c1-5-16-6-2-11(1)13-14-12(4-10-19-14)3-8-18-9-7-17-15(13)18;5-3(6)1-2-4(7)8/h4,7,9-10,16H,1-3,5-6,8H2;1-2H,(H,5,6)(H,7,8)/b;2-1+. The van der Waals surface area contributed by atoms with Crippen LogP contribution in [0.25, 0.3) is 5.57 Å². The van der Waals surface area contributed by atoms with Gasteiger partial charge in [0.2, 0.25) is 0 Å². The van der Waals surface area contributed by atoms with Crippen molar-refractivity contribution in [2.75, 3.05) is 13.1 Å². The normalized spacial score (nSPS) is 16.1. The van der Waals surface area contributed by atoms with Crippen molar-refractivity contribution in [2.24, 2.45) is 0 Å². The smallest absolute Gasteiger partial charge is 0.328 e. The van der Waals surface area contributed by atoms with Crippen LogP contribution < -0.4 is 5.32 Å². The summed E-state index contributed by atoms with van der Waals surface area (Å²) in [4.78, 5) is 25.2. The third kappa shape index (κ3) is 4.72. The lowest BCUT2D eigenvalue weighted by Gasteiger charge is -2.19. The number of hydrogen-bond donors (Lipinski definition) is 3. The van der Waals surface area contributed by atoms with Gasteiger partial charge in [0.15, 0.2) is 0 Å². The number of piperidine rings is 1. The molecule has 0 radical (unpaired) electrons. The van der Waals surface area contributed by atoms with Gasteiger partial charge in [0.1, 0.15) is 5.82 Å². The van der Waals surface area contributed by atoms with Crippen molar-refractivity contribution in [3.8, 4) is 0 Å². The predicted molar refractivity (Wildman–Crippen MR) is 103 cm³/mol. The maximum Gasteiger partial charge on any atom is 0.328 e. The highest BCUT2D eigenvalue weighted by molar-refractivity contribution is 7.11. The van der Waals surface area contributed by atoms with Crippen LogP contribution in [0.3, 0.4) is 0 Å². The molecule has 0 atom stereocenters. The van der Waals surface area contributed by atoms with Crippen molar-refractivity contribution >= 4 is 28.8 Å². The van der Waals surface area contributed by atoms with E-state index in [9.17, 15) is 9.59 Å².